The highest BCUT2D eigenvalue weighted by Crippen LogP contribution is 2.31. The Balaban J connectivity index is 2.12. The number of benzene rings is 1. The predicted octanol–water partition coefficient (Wildman–Crippen LogP) is 1.97. The maximum Gasteiger partial charge on any atom is 0.320 e. The quantitative estimate of drug-likeness (QED) is 0.637. The highest BCUT2D eigenvalue weighted by atomic mass is 16.7. The molecule has 126 valence electrons. The zero-order chi connectivity index (χ0) is 16.8. The first kappa shape index (κ1) is 17.4. The van der Waals surface area contributed by atoms with Crippen LogP contribution in [0.25, 0.3) is 0 Å². The minimum atomic E-state index is -1.18. The topological polar surface area (TPSA) is 82.1 Å². The van der Waals surface area contributed by atoms with Gasteiger partial charge in [-0.3, -0.25) is 9.59 Å². The maximum atomic E-state index is 11.6. The van der Waals surface area contributed by atoms with E-state index in [1.165, 1.54) is 7.11 Å². The summed E-state index contributed by atoms with van der Waals surface area (Å²) < 4.78 is 15.3. The summed E-state index contributed by atoms with van der Waals surface area (Å²) >= 11 is 0. The lowest BCUT2D eigenvalue weighted by Crippen LogP contribution is -2.27. The van der Waals surface area contributed by atoms with Crippen LogP contribution >= 0.6 is 0 Å². The van der Waals surface area contributed by atoms with Crippen molar-refractivity contribution in [3.63, 3.8) is 0 Å². The van der Waals surface area contributed by atoms with Gasteiger partial charge in [0.2, 0.25) is 0 Å². The molecule has 6 heteroatoms. The number of rotatable bonds is 6. The van der Waals surface area contributed by atoms with Gasteiger partial charge in [-0.2, -0.15) is 0 Å². The number of carboxylic acid groups (broad SMARTS) is 1. The Bertz CT molecular complexity index is 556. The maximum absolute atomic E-state index is 11.6. The lowest BCUT2D eigenvalue weighted by molar-refractivity contribution is -0.156. The smallest absolute Gasteiger partial charge is 0.320 e. The molecule has 0 radical (unpaired) electrons. The van der Waals surface area contributed by atoms with E-state index in [2.05, 4.69) is 4.74 Å². The second-order valence-electron chi connectivity index (χ2n) is 5.62. The van der Waals surface area contributed by atoms with Gasteiger partial charge in [0.05, 0.1) is 13.7 Å². The molecule has 6 nitrogen and oxygen atoms in total. The van der Waals surface area contributed by atoms with E-state index in [0.29, 0.717) is 12.5 Å². The van der Waals surface area contributed by atoms with Gasteiger partial charge in [-0.1, -0.05) is 24.3 Å². The molecule has 0 bridgehead atoms. The van der Waals surface area contributed by atoms with E-state index in [1.54, 1.807) is 7.11 Å². The molecule has 0 aromatic heterocycles. The van der Waals surface area contributed by atoms with E-state index in [1.807, 2.05) is 24.3 Å². The molecule has 1 aliphatic heterocycles. The number of esters is 1. The number of methoxy groups -OCH3 is 2. The van der Waals surface area contributed by atoms with Crippen molar-refractivity contribution < 1.29 is 28.9 Å². The Kier molecular flexibility index (Phi) is 6.12. The van der Waals surface area contributed by atoms with Gasteiger partial charge >= 0.3 is 11.9 Å². The van der Waals surface area contributed by atoms with Crippen LogP contribution in [0, 0.1) is 5.92 Å². The van der Waals surface area contributed by atoms with Crippen molar-refractivity contribution in [2.45, 2.75) is 31.5 Å². The SMILES string of the molecule is COC(=O)C(Cc1cccc(C2CCOC(OC)C2)c1)C(=O)O. The van der Waals surface area contributed by atoms with Crippen LogP contribution in [0.2, 0.25) is 0 Å². The third-order valence-corrected chi connectivity index (χ3v) is 4.16. The Morgan fingerprint density at radius 2 is 2.17 bits per heavy atom. The Morgan fingerprint density at radius 3 is 2.83 bits per heavy atom. The third-order valence-electron chi connectivity index (χ3n) is 4.16. The van der Waals surface area contributed by atoms with E-state index in [0.717, 1.165) is 24.0 Å². The summed E-state index contributed by atoms with van der Waals surface area (Å²) in [4.78, 5) is 22.8. The average Bonchev–Trinajstić information content (AvgIpc) is 2.59. The minimum absolute atomic E-state index is 0.118. The van der Waals surface area contributed by atoms with Gasteiger partial charge in [0.1, 0.15) is 0 Å². The molecule has 3 atom stereocenters. The average molecular weight is 322 g/mol. The lowest BCUT2D eigenvalue weighted by atomic mass is 9.88. The number of aliphatic carboxylic acids is 1. The monoisotopic (exact) mass is 322 g/mol. The first-order chi connectivity index (χ1) is 11.0. The molecule has 0 spiro atoms. The van der Waals surface area contributed by atoms with E-state index >= 15 is 0 Å². The summed E-state index contributed by atoms with van der Waals surface area (Å²) in [7, 11) is 2.82. The number of carbonyl (C=O) groups is 2. The van der Waals surface area contributed by atoms with Crippen molar-refractivity contribution in [2.75, 3.05) is 20.8 Å². The highest BCUT2D eigenvalue weighted by molar-refractivity contribution is 5.94. The van der Waals surface area contributed by atoms with Gasteiger partial charge in [-0.25, -0.2) is 0 Å². The number of carbonyl (C=O) groups excluding carboxylic acids is 1. The summed E-state index contributed by atoms with van der Waals surface area (Å²) in [6, 6.07) is 7.69. The molecule has 1 aromatic rings. The summed E-state index contributed by atoms with van der Waals surface area (Å²) in [5, 5.41) is 9.19. The second-order valence-corrected chi connectivity index (χ2v) is 5.62. The van der Waals surface area contributed by atoms with Crippen LogP contribution in [-0.2, 0) is 30.2 Å². The van der Waals surface area contributed by atoms with Crippen LogP contribution in [0.5, 0.6) is 0 Å². The fraction of sp³-hybridized carbons (Fsp3) is 0.529. The van der Waals surface area contributed by atoms with E-state index in [4.69, 9.17) is 9.47 Å². The fourth-order valence-corrected chi connectivity index (χ4v) is 2.85. The van der Waals surface area contributed by atoms with Crippen molar-refractivity contribution in [1.29, 1.82) is 0 Å². The predicted molar refractivity (Wildman–Crippen MR) is 82.0 cm³/mol. The number of ether oxygens (including phenoxy) is 3. The Hall–Kier alpha value is -1.92. The van der Waals surface area contributed by atoms with Crippen molar-refractivity contribution in [2.24, 2.45) is 5.92 Å². The van der Waals surface area contributed by atoms with E-state index in [-0.39, 0.29) is 12.7 Å². The molecule has 0 saturated carbocycles. The van der Waals surface area contributed by atoms with Gasteiger partial charge in [-0.15, -0.1) is 0 Å². The van der Waals surface area contributed by atoms with Crippen LogP contribution in [0.3, 0.4) is 0 Å². The van der Waals surface area contributed by atoms with Gasteiger partial charge in [-0.05, 0) is 29.9 Å². The number of carboxylic acids is 1. The van der Waals surface area contributed by atoms with E-state index < -0.39 is 17.9 Å². The molecule has 1 saturated heterocycles. The zero-order valence-electron chi connectivity index (χ0n) is 13.4. The minimum Gasteiger partial charge on any atom is -0.481 e. The number of hydrogen-bond donors (Lipinski definition) is 1. The molecule has 0 aliphatic carbocycles. The second kappa shape index (κ2) is 8.08. The molecule has 1 aromatic carbocycles. The van der Waals surface area contributed by atoms with Crippen LogP contribution in [0.4, 0.5) is 0 Å². The normalized spacial score (nSPS) is 22.3. The van der Waals surface area contributed by atoms with Gasteiger partial charge in [0.15, 0.2) is 12.2 Å². The molecule has 2 rings (SSSR count). The molecule has 1 fully saturated rings. The number of hydrogen-bond acceptors (Lipinski definition) is 5. The van der Waals surface area contributed by atoms with Crippen molar-refractivity contribution in [3.05, 3.63) is 35.4 Å². The first-order valence-corrected chi connectivity index (χ1v) is 7.59. The summed E-state index contributed by atoms with van der Waals surface area (Å²) in [5.41, 5.74) is 1.92. The van der Waals surface area contributed by atoms with Crippen molar-refractivity contribution >= 4 is 11.9 Å². The zero-order valence-corrected chi connectivity index (χ0v) is 13.4. The lowest BCUT2D eigenvalue weighted by Gasteiger charge is -2.29. The molecule has 23 heavy (non-hydrogen) atoms. The van der Waals surface area contributed by atoms with Gasteiger partial charge < -0.3 is 19.3 Å². The summed E-state index contributed by atoms with van der Waals surface area (Å²) in [5.74, 6) is -2.78. The van der Waals surface area contributed by atoms with Crippen LogP contribution in [-0.4, -0.2) is 44.2 Å². The molecular weight excluding hydrogens is 300 g/mol. The van der Waals surface area contributed by atoms with Gasteiger partial charge in [0, 0.05) is 13.5 Å². The van der Waals surface area contributed by atoms with Crippen LogP contribution in [0.15, 0.2) is 24.3 Å². The Morgan fingerprint density at radius 1 is 1.39 bits per heavy atom. The largest absolute Gasteiger partial charge is 0.481 e. The fourth-order valence-electron chi connectivity index (χ4n) is 2.85. The molecule has 3 unspecified atom stereocenters. The van der Waals surface area contributed by atoms with E-state index in [9.17, 15) is 14.7 Å². The van der Waals surface area contributed by atoms with Crippen LogP contribution < -0.4 is 0 Å². The molecule has 0 amide bonds. The van der Waals surface area contributed by atoms with Gasteiger partial charge in [0.25, 0.3) is 0 Å². The molecular formula is C17H22O6. The van der Waals surface area contributed by atoms with Crippen molar-refractivity contribution in [3.8, 4) is 0 Å². The van der Waals surface area contributed by atoms with Crippen molar-refractivity contribution in [1.82, 2.24) is 0 Å². The molecule has 1 N–H and O–H groups in total. The Labute approximate surface area is 135 Å². The first-order valence-electron chi connectivity index (χ1n) is 7.59. The van der Waals surface area contributed by atoms with Crippen LogP contribution in [0.1, 0.15) is 29.9 Å². The highest BCUT2D eigenvalue weighted by Gasteiger charge is 2.28. The third kappa shape index (κ3) is 4.53. The molecule has 1 heterocycles. The molecule has 1 aliphatic rings. The summed E-state index contributed by atoms with van der Waals surface area (Å²) in [6.07, 6.45) is 1.56. The standard InChI is InChI=1S/C17H22O6/c1-21-15-10-13(6-7-23-15)12-5-3-4-11(8-12)9-14(16(18)19)17(20)22-2/h3-5,8,13-15H,6-7,9-10H2,1-2H3,(H,18,19). The summed E-state index contributed by atoms with van der Waals surface area (Å²) in [6.45, 7) is 0.632.